The Balaban J connectivity index is 3.46. The van der Waals surface area contributed by atoms with Crippen molar-refractivity contribution in [2.45, 2.75) is 59.8 Å². The smallest absolute Gasteiger partial charge is 0.0328 e. The van der Waals surface area contributed by atoms with Gasteiger partial charge in [-0.2, -0.15) is 0 Å². The van der Waals surface area contributed by atoms with Crippen LogP contribution in [0.5, 0.6) is 0 Å². The quantitative estimate of drug-likeness (QED) is 0.479. The lowest BCUT2D eigenvalue weighted by Crippen LogP contribution is -2.04. The first kappa shape index (κ1) is 14.4. The summed E-state index contributed by atoms with van der Waals surface area (Å²) in [6.45, 7) is 9.39. The molecule has 0 rings (SSSR count). The normalized spacial score (nSPS) is 16.3. The highest BCUT2D eigenvalue weighted by Gasteiger charge is 2.08. The molecular formula is C13H29P. The topological polar surface area (TPSA) is 0 Å². The second kappa shape index (κ2) is 9.97. The maximum atomic E-state index is 2.43. The van der Waals surface area contributed by atoms with E-state index < -0.39 is 0 Å². The molecule has 0 fully saturated rings. The molecule has 0 aliphatic rings. The van der Waals surface area contributed by atoms with Crippen molar-refractivity contribution in [2.75, 3.05) is 12.3 Å². The molecule has 0 amide bonds. The molecule has 0 heterocycles. The predicted octanol–water partition coefficient (Wildman–Crippen LogP) is 4.93. The zero-order chi connectivity index (χ0) is 10.8. The molecule has 0 radical (unpaired) electrons. The Morgan fingerprint density at radius 1 is 1.00 bits per heavy atom. The first-order valence-corrected chi connectivity index (χ1v) is 7.86. The van der Waals surface area contributed by atoms with Crippen LogP contribution < -0.4 is 0 Å². The molecule has 1 heteroatoms. The van der Waals surface area contributed by atoms with E-state index in [1.54, 1.807) is 0 Å². The van der Waals surface area contributed by atoms with E-state index in [9.17, 15) is 0 Å². The highest BCUT2D eigenvalue weighted by molar-refractivity contribution is 7.37. The molecule has 0 nitrogen and oxygen atoms in total. The Kier molecular flexibility index (Phi) is 10.3. The van der Waals surface area contributed by atoms with Gasteiger partial charge in [0.1, 0.15) is 0 Å². The average Bonchev–Trinajstić information content (AvgIpc) is 2.21. The summed E-state index contributed by atoms with van der Waals surface area (Å²) in [6, 6.07) is 0. The van der Waals surface area contributed by atoms with Crippen LogP contribution in [0.4, 0.5) is 0 Å². The van der Waals surface area contributed by atoms with Gasteiger partial charge in [0, 0.05) is 0 Å². The highest BCUT2D eigenvalue weighted by atomic mass is 31.1. The maximum Gasteiger partial charge on any atom is -0.0328 e. The molecule has 0 spiro atoms. The monoisotopic (exact) mass is 216 g/mol. The highest BCUT2D eigenvalue weighted by Crippen LogP contribution is 2.23. The van der Waals surface area contributed by atoms with Crippen LogP contribution in [0.25, 0.3) is 0 Å². The van der Waals surface area contributed by atoms with Crippen molar-refractivity contribution in [1.82, 2.24) is 0 Å². The molecule has 0 N–H and O–H groups in total. The van der Waals surface area contributed by atoms with Gasteiger partial charge in [-0.15, -0.1) is 8.58 Å². The van der Waals surface area contributed by atoms with E-state index in [-0.39, 0.29) is 0 Å². The van der Waals surface area contributed by atoms with Crippen molar-refractivity contribution in [3.63, 3.8) is 0 Å². The van der Waals surface area contributed by atoms with Crippen molar-refractivity contribution in [1.29, 1.82) is 0 Å². The molecule has 0 saturated heterocycles. The van der Waals surface area contributed by atoms with Gasteiger partial charge >= 0.3 is 0 Å². The molecule has 3 unspecified atom stereocenters. The third-order valence-corrected chi connectivity index (χ3v) is 4.57. The van der Waals surface area contributed by atoms with Gasteiger partial charge in [-0.05, 0) is 24.2 Å². The van der Waals surface area contributed by atoms with Crippen LogP contribution in [0, 0.1) is 11.8 Å². The van der Waals surface area contributed by atoms with Crippen LogP contribution in [0.1, 0.15) is 59.8 Å². The lowest BCUT2D eigenvalue weighted by Gasteiger charge is -2.16. The SMILES string of the molecule is CCCC(CC)CCC(C)CPCC. The van der Waals surface area contributed by atoms with Crippen LogP contribution in [-0.4, -0.2) is 12.3 Å². The maximum absolute atomic E-state index is 2.43. The van der Waals surface area contributed by atoms with Crippen molar-refractivity contribution in [3.8, 4) is 0 Å². The summed E-state index contributed by atoms with van der Waals surface area (Å²) < 4.78 is 0. The van der Waals surface area contributed by atoms with Gasteiger partial charge in [-0.1, -0.05) is 59.8 Å². The number of rotatable bonds is 9. The Labute approximate surface area is 93.0 Å². The Hall–Kier alpha value is 0.430. The van der Waals surface area contributed by atoms with E-state index in [0.717, 1.165) is 11.8 Å². The van der Waals surface area contributed by atoms with Gasteiger partial charge in [0.25, 0.3) is 0 Å². The molecule has 0 bridgehead atoms. The van der Waals surface area contributed by atoms with Crippen molar-refractivity contribution < 1.29 is 0 Å². The molecule has 14 heavy (non-hydrogen) atoms. The van der Waals surface area contributed by atoms with Crippen LogP contribution in [0.3, 0.4) is 0 Å². The summed E-state index contributed by atoms with van der Waals surface area (Å²) >= 11 is 0. The van der Waals surface area contributed by atoms with Gasteiger partial charge in [-0.25, -0.2) is 0 Å². The number of hydrogen-bond acceptors (Lipinski definition) is 0. The molecule has 0 aromatic heterocycles. The fourth-order valence-electron chi connectivity index (χ4n) is 1.97. The van der Waals surface area contributed by atoms with Gasteiger partial charge in [-0.3, -0.25) is 0 Å². The van der Waals surface area contributed by atoms with E-state index in [2.05, 4.69) is 27.7 Å². The molecule has 0 aromatic carbocycles. The van der Waals surface area contributed by atoms with Crippen molar-refractivity contribution in [3.05, 3.63) is 0 Å². The minimum Gasteiger partial charge on any atom is -0.122 e. The summed E-state index contributed by atoms with van der Waals surface area (Å²) in [5.74, 6) is 1.98. The summed E-state index contributed by atoms with van der Waals surface area (Å²) in [7, 11) is 1.20. The molecular weight excluding hydrogens is 187 g/mol. The average molecular weight is 216 g/mol. The predicted molar refractivity (Wildman–Crippen MR) is 70.8 cm³/mol. The van der Waals surface area contributed by atoms with E-state index in [4.69, 9.17) is 0 Å². The van der Waals surface area contributed by atoms with E-state index in [1.165, 1.54) is 53.0 Å². The molecule has 0 saturated carbocycles. The van der Waals surface area contributed by atoms with Crippen molar-refractivity contribution >= 4 is 8.58 Å². The van der Waals surface area contributed by atoms with E-state index in [0.29, 0.717) is 0 Å². The third-order valence-electron chi connectivity index (χ3n) is 3.08. The van der Waals surface area contributed by atoms with Gasteiger partial charge in [0.05, 0.1) is 0 Å². The van der Waals surface area contributed by atoms with Gasteiger partial charge < -0.3 is 0 Å². The minimum absolute atomic E-state index is 0.971. The summed E-state index contributed by atoms with van der Waals surface area (Å²) in [5, 5.41) is 0. The Morgan fingerprint density at radius 2 is 1.71 bits per heavy atom. The van der Waals surface area contributed by atoms with Crippen LogP contribution in [0.2, 0.25) is 0 Å². The second-order valence-electron chi connectivity index (χ2n) is 4.55. The lowest BCUT2D eigenvalue weighted by molar-refractivity contribution is 0.389. The first-order chi connectivity index (χ1) is 6.74. The number of hydrogen-bond donors (Lipinski definition) is 0. The molecule has 3 atom stereocenters. The minimum atomic E-state index is 0.971. The molecule has 86 valence electrons. The Morgan fingerprint density at radius 3 is 2.21 bits per heavy atom. The fraction of sp³-hybridized carbons (Fsp3) is 1.00. The third kappa shape index (κ3) is 7.80. The largest absolute Gasteiger partial charge is 0.122 e. The first-order valence-electron chi connectivity index (χ1n) is 6.45. The fourth-order valence-corrected chi connectivity index (χ4v) is 2.96. The van der Waals surface area contributed by atoms with E-state index in [1.807, 2.05) is 0 Å². The standard InChI is InChI=1S/C13H29P/c1-5-8-13(6-2)10-9-12(4)11-14-7-3/h12-14H,5-11H2,1-4H3. The van der Waals surface area contributed by atoms with E-state index >= 15 is 0 Å². The van der Waals surface area contributed by atoms with Crippen LogP contribution >= 0.6 is 8.58 Å². The molecule has 0 aliphatic carbocycles. The zero-order valence-corrected chi connectivity index (χ0v) is 11.6. The van der Waals surface area contributed by atoms with Gasteiger partial charge in [0.2, 0.25) is 0 Å². The second-order valence-corrected chi connectivity index (χ2v) is 6.17. The summed E-state index contributed by atoms with van der Waals surface area (Å²) in [5.41, 5.74) is 0. The lowest BCUT2D eigenvalue weighted by atomic mass is 9.92. The van der Waals surface area contributed by atoms with Crippen molar-refractivity contribution in [2.24, 2.45) is 11.8 Å². The Bertz CT molecular complexity index is 112. The van der Waals surface area contributed by atoms with Gasteiger partial charge in [0.15, 0.2) is 0 Å². The molecule has 0 aromatic rings. The van der Waals surface area contributed by atoms with Crippen LogP contribution in [-0.2, 0) is 0 Å². The summed E-state index contributed by atoms with van der Waals surface area (Å²) in [4.78, 5) is 0. The zero-order valence-electron chi connectivity index (χ0n) is 10.6. The van der Waals surface area contributed by atoms with Crippen LogP contribution in [0.15, 0.2) is 0 Å². The summed E-state index contributed by atoms with van der Waals surface area (Å²) in [6.07, 6.45) is 9.99. The molecule has 0 aliphatic heterocycles.